The first-order valence-corrected chi connectivity index (χ1v) is 13.1. The molecule has 182 valence electrons. The first-order valence-electron chi connectivity index (χ1n) is 11.2. The van der Waals surface area contributed by atoms with Gasteiger partial charge < -0.3 is 25.7 Å². The molecule has 0 radical (unpaired) electrons. The fourth-order valence-electron chi connectivity index (χ4n) is 4.64. The molecule has 1 aromatic carbocycles. The topological polar surface area (TPSA) is 130 Å². The summed E-state index contributed by atoms with van der Waals surface area (Å²) in [7, 11) is 1.49. The van der Waals surface area contributed by atoms with Gasteiger partial charge in [-0.25, -0.2) is 4.98 Å². The third-order valence-corrected chi connectivity index (χ3v) is 8.83. The Kier molecular flexibility index (Phi) is 6.28. The van der Waals surface area contributed by atoms with Gasteiger partial charge in [0.05, 0.1) is 12.5 Å². The van der Waals surface area contributed by atoms with Crippen molar-refractivity contribution in [3.05, 3.63) is 73.1 Å². The summed E-state index contributed by atoms with van der Waals surface area (Å²) in [6, 6.07) is 6.05. The van der Waals surface area contributed by atoms with Gasteiger partial charge in [0.25, 0.3) is 11.5 Å². The smallest absolute Gasteiger partial charge is 0.287 e. The van der Waals surface area contributed by atoms with Crippen molar-refractivity contribution in [2.75, 3.05) is 13.7 Å². The average Bonchev–Trinajstić information content (AvgIpc) is 3.41. The van der Waals surface area contributed by atoms with Crippen LogP contribution in [0, 0.1) is 0 Å². The molecule has 5 rings (SSSR count). The lowest BCUT2D eigenvalue weighted by molar-refractivity contribution is -0.105. The van der Waals surface area contributed by atoms with Crippen molar-refractivity contribution >= 4 is 45.5 Å². The van der Waals surface area contributed by atoms with E-state index in [2.05, 4.69) is 22.2 Å². The van der Waals surface area contributed by atoms with Crippen LogP contribution in [0.3, 0.4) is 0 Å². The molecule has 11 heteroatoms. The minimum atomic E-state index is -0.428. The lowest BCUT2D eigenvalue weighted by Gasteiger charge is -2.32. The van der Waals surface area contributed by atoms with Crippen molar-refractivity contribution < 1.29 is 14.3 Å². The molecule has 0 aliphatic carbocycles. The zero-order valence-corrected chi connectivity index (χ0v) is 21.0. The zero-order chi connectivity index (χ0) is 24.7. The minimum absolute atomic E-state index is 0.0195. The maximum absolute atomic E-state index is 12.8. The fourth-order valence-corrected chi connectivity index (χ4v) is 7.21. The van der Waals surface area contributed by atoms with E-state index in [0.717, 1.165) is 33.7 Å². The Balaban J connectivity index is 1.31. The SMILES string of the molecule is CO/C(=C(/N)C=O)N1CCc2ccc(CNC(=O)c3nc4sc5c(c4c(=O)[nH]3)C(C)SC5)cc2C1. The third kappa shape index (κ3) is 4.30. The van der Waals surface area contributed by atoms with Crippen molar-refractivity contribution in [3.63, 3.8) is 0 Å². The molecule has 1 amide bonds. The summed E-state index contributed by atoms with van der Waals surface area (Å²) in [5.41, 5.74) is 9.82. The largest absolute Gasteiger partial charge is 0.481 e. The first-order chi connectivity index (χ1) is 16.9. The summed E-state index contributed by atoms with van der Waals surface area (Å²) in [4.78, 5) is 47.5. The van der Waals surface area contributed by atoms with Gasteiger partial charge in [0.1, 0.15) is 10.5 Å². The number of hydrogen-bond donors (Lipinski definition) is 3. The monoisotopic (exact) mass is 511 g/mol. The number of nitrogens with one attached hydrogen (secondary N) is 2. The molecule has 1 unspecified atom stereocenters. The fraction of sp³-hybridized carbons (Fsp3) is 0.333. The molecule has 2 aliphatic rings. The van der Waals surface area contributed by atoms with E-state index in [1.807, 2.05) is 23.1 Å². The Morgan fingerprint density at radius 2 is 2.23 bits per heavy atom. The number of aldehydes is 1. The molecule has 2 aromatic heterocycles. The number of ether oxygens (including phenoxy) is 1. The summed E-state index contributed by atoms with van der Waals surface area (Å²) >= 11 is 3.30. The Bertz CT molecular complexity index is 1430. The second-order valence-electron chi connectivity index (χ2n) is 8.53. The maximum atomic E-state index is 12.8. The molecule has 0 fully saturated rings. The van der Waals surface area contributed by atoms with Crippen molar-refractivity contribution in [2.45, 2.75) is 37.4 Å². The Morgan fingerprint density at radius 1 is 1.40 bits per heavy atom. The summed E-state index contributed by atoms with van der Waals surface area (Å²) in [6.45, 7) is 3.60. The number of carbonyl (C=O) groups is 2. The van der Waals surface area contributed by atoms with Crippen LogP contribution in [0.4, 0.5) is 0 Å². The van der Waals surface area contributed by atoms with Crippen molar-refractivity contribution in [1.82, 2.24) is 20.2 Å². The number of thiophene rings is 1. The molecule has 0 spiro atoms. The van der Waals surface area contributed by atoms with Crippen molar-refractivity contribution in [2.24, 2.45) is 5.73 Å². The van der Waals surface area contributed by atoms with Gasteiger partial charge in [-0.3, -0.25) is 14.4 Å². The number of fused-ring (bicyclic) bond motifs is 4. The molecular formula is C24H25N5O4S2. The van der Waals surface area contributed by atoms with Crippen molar-refractivity contribution in [1.29, 1.82) is 0 Å². The molecule has 35 heavy (non-hydrogen) atoms. The van der Waals surface area contributed by atoms with Crippen LogP contribution < -0.4 is 16.6 Å². The third-order valence-electron chi connectivity index (χ3n) is 6.35. The van der Waals surface area contributed by atoms with E-state index in [1.54, 1.807) is 11.8 Å². The highest BCUT2D eigenvalue weighted by Crippen LogP contribution is 2.47. The van der Waals surface area contributed by atoms with Crippen LogP contribution in [0.2, 0.25) is 0 Å². The van der Waals surface area contributed by atoms with Gasteiger partial charge in [0, 0.05) is 35.5 Å². The van der Waals surface area contributed by atoms with Crippen LogP contribution >= 0.6 is 23.1 Å². The number of allylic oxidation sites excluding steroid dienone is 1. The second-order valence-corrected chi connectivity index (χ2v) is 10.9. The van der Waals surface area contributed by atoms with E-state index in [9.17, 15) is 14.4 Å². The molecule has 0 saturated carbocycles. The van der Waals surface area contributed by atoms with Crippen LogP contribution in [-0.2, 0) is 34.8 Å². The van der Waals surface area contributed by atoms with E-state index in [4.69, 9.17) is 10.5 Å². The molecule has 0 saturated heterocycles. The highest BCUT2D eigenvalue weighted by atomic mass is 32.2. The predicted octanol–water partition coefficient (Wildman–Crippen LogP) is 2.55. The van der Waals surface area contributed by atoms with Gasteiger partial charge in [-0.15, -0.1) is 23.1 Å². The number of thioether (sulfide) groups is 1. The molecule has 9 nitrogen and oxygen atoms in total. The van der Waals surface area contributed by atoms with Gasteiger partial charge in [-0.2, -0.15) is 0 Å². The Hall–Kier alpha value is -3.31. The van der Waals surface area contributed by atoms with Gasteiger partial charge in [0.15, 0.2) is 6.29 Å². The van der Waals surface area contributed by atoms with Gasteiger partial charge >= 0.3 is 0 Å². The van der Waals surface area contributed by atoms with Crippen LogP contribution in [0.25, 0.3) is 10.2 Å². The van der Waals surface area contributed by atoms with Gasteiger partial charge in [0.2, 0.25) is 11.7 Å². The molecule has 0 bridgehead atoms. The summed E-state index contributed by atoms with van der Waals surface area (Å²) in [5.74, 6) is 0.827. The number of aromatic amines is 1. The standard InChI is InChI=1S/C24H25N5O4S2/c1-12-18-17(11-34-12)35-23-19(18)21(31)27-20(28-23)22(32)26-8-13-3-4-14-5-6-29(9-15(14)7-13)24(33-2)16(25)10-30/h3-4,7,10,12H,5-6,8-9,11,25H2,1-2H3,(H,26,32)(H,27,28,31)/b24-16+. The number of aromatic nitrogens is 2. The number of benzene rings is 1. The second kappa shape index (κ2) is 9.38. The van der Waals surface area contributed by atoms with Crippen LogP contribution in [-0.4, -0.2) is 40.7 Å². The summed E-state index contributed by atoms with van der Waals surface area (Å²) in [6.07, 6.45) is 1.37. The summed E-state index contributed by atoms with van der Waals surface area (Å²) < 4.78 is 5.34. The van der Waals surface area contributed by atoms with Crippen LogP contribution in [0.1, 0.15) is 49.9 Å². The van der Waals surface area contributed by atoms with Crippen LogP contribution in [0.5, 0.6) is 0 Å². The molecule has 4 heterocycles. The molecule has 4 N–H and O–H groups in total. The van der Waals surface area contributed by atoms with E-state index in [1.165, 1.54) is 24.0 Å². The number of carbonyl (C=O) groups excluding carboxylic acids is 2. The average molecular weight is 512 g/mol. The molecular weight excluding hydrogens is 486 g/mol. The van der Waals surface area contributed by atoms with E-state index >= 15 is 0 Å². The normalized spacial score (nSPS) is 17.5. The number of rotatable bonds is 6. The minimum Gasteiger partial charge on any atom is -0.481 e. The first kappa shape index (κ1) is 23.4. The lowest BCUT2D eigenvalue weighted by Crippen LogP contribution is -2.33. The Morgan fingerprint density at radius 3 is 3.00 bits per heavy atom. The van der Waals surface area contributed by atoms with E-state index in [-0.39, 0.29) is 28.9 Å². The van der Waals surface area contributed by atoms with Gasteiger partial charge in [-0.05, 0) is 35.6 Å². The van der Waals surface area contributed by atoms with Crippen molar-refractivity contribution in [3.8, 4) is 0 Å². The van der Waals surface area contributed by atoms with Crippen LogP contribution in [0.15, 0.2) is 34.6 Å². The molecule has 1 atom stereocenters. The number of methoxy groups -OCH3 is 1. The Labute approximate surface area is 209 Å². The highest BCUT2D eigenvalue weighted by Gasteiger charge is 2.28. The quantitative estimate of drug-likeness (QED) is 0.262. The van der Waals surface area contributed by atoms with E-state index < -0.39 is 5.91 Å². The predicted molar refractivity (Wildman–Crippen MR) is 136 cm³/mol. The lowest BCUT2D eigenvalue weighted by atomic mass is 9.97. The molecule has 3 aromatic rings. The number of nitrogens with two attached hydrogens (primary N) is 1. The van der Waals surface area contributed by atoms with Gasteiger partial charge in [-0.1, -0.05) is 18.2 Å². The molecule has 2 aliphatic heterocycles. The number of amides is 1. The zero-order valence-electron chi connectivity index (χ0n) is 19.3. The number of nitrogens with zero attached hydrogens (tertiary/aromatic N) is 2. The summed E-state index contributed by atoms with van der Waals surface area (Å²) in [5, 5.41) is 3.72. The van der Waals surface area contributed by atoms with E-state index in [0.29, 0.717) is 35.5 Å². The number of hydrogen-bond acceptors (Lipinski definition) is 9. The maximum Gasteiger partial charge on any atom is 0.287 e. The highest BCUT2D eigenvalue weighted by molar-refractivity contribution is 7.99. The number of H-pyrrole nitrogens is 1.